The number of nitrogen functional groups attached to an aromatic ring is 1. The number of rotatable bonds is 5. The van der Waals surface area contributed by atoms with Crippen molar-refractivity contribution in [1.29, 1.82) is 0 Å². The molecule has 30 heavy (non-hydrogen) atoms. The van der Waals surface area contributed by atoms with Gasteiger partial charge in [0.1, 0.15) is 10.6 Å². The highest BCUT2D eigenvalue weighted by atomic mass is 32.2. The van der Waals surface area contributed by atoms with Gasteiger partial charge in [0.15, 0.2) is 5.16 Å². The van der Waals surface area contributed by atoms with E-state index in [9.17, 15) is 13.2 Å². The minimum atomic E-state index is -3.85. The Hall–Kier alpha value is -2.21. The van der Waals surface area contributed by atoms with Gasteiger partial charge < -0.3 is 11.1 Å². The van der Waals surface area contributed by atoms with Gasteiger partial charge in [0, 0.05) is 10.6 Å². The number of sulfonamides is 1. The van der Waals surface area contributed by atoms with Crippen LogP contribution in [0.2, 0.25) is 0 Å². The van der Waals surface area contributed by atoms with Gasteiger partial charge in [-0.25, -0.2) is 23.5 Å². The second-order valence-corrected chi connectivity index (χ2v) is 11.1. The molecule has 2 aromatic heterocycles. The van der Waals surface area contributed by atoms with Gasteiger partial charge in [-0.15, -0.1) is 11.3 Å². The van der Waals surface area contributed by atoms with Gasteiger partial charge in [0.25, 0.3) is 0 Å². The van der Waals surface area contributed by atoms with Crippen LogP contribution in [0.5, 0.6) is 0 Å². The molecule has 158 valence electrons. The van der Waals surface area contributed by atoms with Crippen molar-refractivity contribution in [3.63, 3.8) is 0 Å². The summed E-state index contributed by atoms with van der Waals surface area (Å²) in [7, 11) is -3.85. The third kappa shape index (κ3) is 4.29. The van der Waals surface area contributed by atoms with Crippen LogP contribution in [0.25, 0.3) is 10.2 Å². The molecule has 0 spiro atoms. The molecule has 1 unspecified atom stereocenters. The van der Waals surface area contributed by atoms with Crippen LogP contribution < -0.4 is 16.2 Å². The monoisotopic (exact) mass is 463 g/mol. The van der Waals surface area contributed by atoms with Gasteiger partial charge in [-0.2, -0.15) is 0 Å². The van der Waals surface area contributed by atoms with E-state index in [1.54, 1.807) is 24.3 Å². The summed E-state index contributed by atoms with van der Waals surface area (Å²) in [5, 5.41) is 8.72. The third-order valence-corrected chi connectivity index (χ3v) is 7.96. The van der Waals surface area contributed by atoms with E-state index in [2.05, 4.69) is 15.3 Å². The number of hydrogen-bond donors (Lipinski definition) is 3. The van der Waals surface area contributed by atoms with Crippen LogP contribution in [0.15, 0.2) is 34.3 Å². The van der Waals surface area contributed by atoms with Crippen molar-refractivity contribution < 1.29 is 13.2 Å². The zero-order valence-corrected chi connectivity index (χ0v) is 18.7. The Bertz CT molecular complexity index is 1240. The van der Waals surface area contributed by atoms with Crippen LogP contribution >= 0.6 is 23.1 Å². The summed E-state index contributed by atoms with van der Waals surface area (Å²) in [5.74, 6) is 0.148. The number of primary sulfonamides is 1. The number of thioether (sulfide) groups is 1. The van der Waals surface area contributed by atoms with E-state index >= 15 is 0 Å². The molecule has 1 aliphatic rings. The molecule has 1 amide bonds. The van der Waals surface area contributed by atoms with Crippen LogP contribution in [-0.2, 0) is 27.7 Å². The number of carbonyl (C=O) groups excluding carboxylic acids is 1. The lowest BCUT2D eigenvalue weighted by atomic mass is 9.97. The SMILES string of the molecule is CC(Sc1nc(N)c2c3c(sc2n1)CCCC3)C(=O)Nc1cccc(S(N)(=O)=O)c1. The molecule has 0 radical (unpaired) electrons. The number of aryl methyl sites for hydroxylation is 2. The number of amides is 1. The summed E-state index contributed by atoms with van der Waals surface area (Å²) in [5.41, 5.74) is 7.85. The predicted octanol–water partition coefficient (Wildman–Crippen LogP) is 2.92. The first-order chi connectivity index (χ1) is 14.2. The largest absolute Gasteiger partial charge is 0.383 e. The molecule has 8 nitrogen and oxygen atoms in total. The molecule has 11 heteroatoms. The fourth-order valence-corrected chi connectivity index (χ4v) is 6.09. The summed E-state index contributed by atoms with van der Waals surface area (Å²) in [6.45, 7) is 1.73. The molecule has 5 N–H and O–H groups in total. The number of nitrogens with two attached hydrogens (primary N) is 2. The maximum Gasteiger partial charge on any atom is 0.238 e. The molecule has 1 atom stereocenters. The van der Waals surface area contributed by atoms with Crippen LogP contribution in [0.1, 0.15) is 30.2 Å². The molecule has 2 heterocycles. The molecule has 3 aromatic rings. The summed E-state index contributed by atoms with van der Waals surface area (Å²) in [6, 6.07) is 5.81. The van der Waals surface area contributed by atoms with Gasteiger partial charge >= 0.3 is 0 Å². The Balaban J connectivity index is 1.51. The molecule has 1 aromatic carbocycles. The van der Waals surface area contributed by atoms with Gasteiger partial charge in [0.05, 0.1) is 15.5 Å². The number of nitrogens with zero attached hydrogens (tertiary/aromatic N) is 2. The Morgan fingerprint density at radius 1 is 1.27 bits per heavy atom. The molecule has 0 aliphatic heterocycles. The van der Waals surface area contributed by atoms with Crippen molar-refractivity contribution in [3.05, 3.63) is 34.7 Å². The molecule has 0 saturated heterocycles. The van der Waals surface area contributed by atoms with E-state index in [1.165, 1.54) is 46.8 Å². The van der Waals surface area contributed by atoms with E-state index in [-0.39, 0.29) is 10.8 Å². The van der Waals surface area contributed by atoms with Crippen molar-refractivity contribution in [2.45, 2.75) is 47.9 Å². The summed E-state index contributed by atoms with van der Waals surface area (Å²) in [6.07, 6.45) is 4.39. The van der Waals surface area contributed by atoms with E-state index < -0.39 is 15.3 Å². The maximum atomic E-state index is 12.6. The number of benzene rings is 1. The Morgan fingerprint density at radius 3 is 2.80 bits per heavy atom. The number of aromatic nitrogens is 2. The van der Waals surface area contributed by atoms with E-state index in [0.29, 0.717) is 16.7 Å². The summed E-state index contributed by atoms with van der Waals surface area (Å²) < 4.78 is 23.0. The normalized spacial score (nSPS) is 15.0. The summed E-state index contributed by atoms with van der Waals surface area (Å²) >= 11 is 2.86. The zero-order valence-electron chi connectivity index (χ0n) is 16.2. The zero-order chi connectivity index (χ0) is 21.5. The second-order valence-electron chi connectivity index (χ2n) is 7.10. The van der Waals surface area contributed by atoms with Gasteiger partial charge in [-0.1, -0.05) is 17.8 Å². The molecular weight excluding hydrogens is 442 g/mol. The number of carbonyl (C=O) groups is 1. The van der Waals surface area contributed by atoms with Crippen molar-refractivity contribution in [2.75, 3.05) is 11.1 Å². The lowest BCUT2D eigenvalue weighted by Gasteiger charge is -2.13. The number of hydrogen-bond acceptors (Lipinski definition) is 8. The number of anilines is 2. The predicted molar refractivity (Wildman–Crippen MR) is 120 cm³/mol. The molecule has 4 rings (SSSR count). The van der Waals surface area contributed by atoms with Crippen molar-refractivity contribution in [3.8, 4) is 0 Å². The topological polar surface area (TPSA) is 141 Å². The van der Waals surface area contributed by atoms with Gasteiger partial charge in [0.2, 0.25) is 15.9 Å². The number of fused-ring (bicyclic) bond motifs is 3. The first kappa shape index (κ1) is 21.0. The highest BCUT2D eigenvalue weighted by molar-refractivity contribution is 8.00. The van der Waals surface area contributed by atoms with E-state index in [0.717, 1.165) is 29.5 Å². The second kappa shape index (κ2) is 8.14. The number of nitrogens with one attached hydrogen (secondary N) is 1. The molecule has 1 aliphatic carbocycles. The fourth-order valence-electron chi connectivity index (χ4n) is 3.42. The van der Waals surface area contributed by atoms with Gasteiger partial charge in [-0.05, 0) is 56.4 Å². The first-order valence-electron chi connectivity index (χ1n) is 9.40. The van der Waals surface area contributed by atoms with Crippen molar-refractivity contribution in [1.82, 2.24) is 9.97 Å². The lowest BCUT2D eigenvalue weighted by molar-refractivity contribution is -0.115. The van der Waals surface area contributed by atoms with Crippen LogP contribution in [0.4, 0.5) is 11.5 Å². The lowest BCUT2D eigenvalue weighted by Crippen LogP contribution is -2.23. The smallest absolute Gasteiger partial charge is 0.238 e. The quantitative estimate of drug-likeness (QED) is 0.390. The maximum absolute atomic E-state index is 12.6. The molecule has 0 fully saturated rings. The minimum absolute atomic E-state index is 0.0659. The minimum Gasteiger partial charge on any atom is -0.383 e. The van der Waals surface area contributed by atoms with Crippen LogP contribution in [0.3, 0.4) is 0 Å². The Kier molecular flexibility index (Phi) is 5.71. The van der Waals surface area contributed by atoms with Crippen molar-refractivity contribution >= 4 is 60.8 Å². The fraction of sp³-hybridized carbons (Fsp3) is 0.316. The first-order valence-corrected chi connectivity index (χ1v) is 12.6. The average Bonchev–Trinajstić information content (AvgIpc) is 3.06. The van der Waals surface area contributed by atoms with E-state index in [1.807, 2.05) is 0 Å². The highest BCUT2D eigenvalue weighted by Gasteiger charge is 2.22. The molecule has 0 bridgehead atoms. The molecular formula is C19H21N5O3S3. The number of thiophene rings is 1. The average molecular weight is 464 g/mol. The Labute approximate surface area is 182 Å². The van der Waals surface area contributed by atoms with Crippen LogP contribution in [-0.4, -0.2) is 29.5 Å². The van der Waals surface area contributed by atoms with Gasteiger partial charge in [-0.3, -0.25) is 4.79 Å². The van der Waals surface area contributed by atoms with E-state index in [4.69, 9.17) is 10.9 Å². The third-order valence-electron chi connectivity index (χ3n) is 4.90. The van der Waals surface area contributed by atoms with Crippen LogP contribution in [0, 0.1) is 0 Å². The Morgan fingerprint density at radius 2 is 2.03 bits per heavy atom. The van der Waals surface area contributed by atoms with Crippen molar-refractivity contribution in [2.24, 2.45) is 5.14 Å². The highest BCUT2D eigenvalue weighted by Crippen LogP contribution is 2.39. The summed E-state index contributed by atoms with van der Waals surface area (Å²) in [4.78, 5) is 23.8. The molecule has 0 saturated carbocycles. The standard InChI is InChI=1S/C19H21N5O3S3/c1-10(17(25)22-11-5-4-6-12(9-11)30(21,26)27)28-19-23-16(20)15-13-7-2-3-8-14(13)29-18(15)24-19/h4-6,9-10H,2-3,7-8H2,1H3,(H,22,25)(H2,20,23,24)(H2,21,26,27).